The molecule has 0 aliphatic heterocycles. The number of benzene rings is 1. The summed E-state index contributed by atoms with van der Waals surface area (Å²) in [5.41, 5.74) is 3.20. The zero-order chi connectivity index (χ0) is 17.9. The van der Waals surface area contributed by atoms with Gasteiger partial charge in [0.2, 0.25) is 0 Å². The van der Waals surface area contributed by atoms with Gasteiger partial charge in [-0.05, 0) is 23.3 Å². The van der Waals surface area contributed by atoms with E-state index in [-0.39, 0.29) is 19.8 Å². The highest BCUT2D eigenvalue weighted by atomic mass is 16.3. The Balaban J connectivity index is 1.98. The van der Waals surface area contributed by atoms with Crippen LogP contribution in [0.2, 0.25) is 0 Å². The number of aliphatic hydroxyl groups is 3. The minimum atomic E-state index is 0.0635. The first kappa shape index (κ1) is 19.1. The molecule has 0 amide bonds. The first-order chi connectivity index (χ1) is 12.3. The second-order valence-electron chi connectivity index (χ2n) is 5.81. The number of aryl methyl sites for hydroxylation is 1. The maximum Gasteiger partial charge on any atom is 0.169 e. The number of aliphatic hydroxyl groups excluding tert-OH is 3. The highest BCUT2D eigenvalue weighted by Crippen LogP contribution is 2.16. The van der Waals surface area contributed by atoms with Crippen LogP contribution in [-0.2, 0) is 6.54 Å². The van der Waals surface area contributed by atoms with Crippen molar-refractivity contribution >= 4 is 17.8 Å². The van der Waals surface area contributed by atoms with E-state index in [0.717, 1.165) is 29.8 Å². The van der Waals surface area contributed by atoms with Crippen LogP contribution in [0.1, 0.15) is 17.5 Å². The van der Waals surface area contributed by atoms with Crippen LogP contribution >= 0.6 is 0 Å². The SMILES string of the molecule is OCCC[n+]1ccc(C=Cc2ccc(N(CCO)CCO)cc2)cc1. The molecule has 134 valence electrons. The van der Waals surface area contributed by atoms with E-state index in [1.54, 1.807) is 0 Å². The summed E-state index contributed by atoms with van der Waals surface area (Å²) in [5.74, 6) is 0. The Bertz CT molecular complexity index is 633. The molecule has 0 saturated heterocycles. The molecule has 0 atom stereocenters. The van der Waals surface area contributed by atoms with Crippen LogP contribution in [0.15, 0.2) is 48.8 Å². The molecule has 1 heterocycles. The van der Waals surface area contributed by atoms with Crippen LogP contribution in [0.4, 0.5) is 5.69 Å². The molecule has 0 unspecified atom stereocenters. The van der Waals surface area contributed by atoms with Gasteiger partial charge < -0.3 is 20.2 Å². The molecular formula is C20H27N2O3+. The number of hydrogen-bond acceptors (Lipinski definition) is 4. The predicted octanol–water partition coefficient (Wildman–Crippen LogP) is 1.32. The van der Waals surface area contributed by atoms with Gasteiger partial charge in [0, 0.05) is 43.9 Å². The van der Waals surface area contributed by atoms with E-state index < -0.39 is 0 Å². The largest absolute Gasteiger partial charge is 0.396 e. The highest BCUT2D eigenvalue weighted by Gasteiger charge is 2.04. The molecule has 0 aliphatic carbocycles. The highest BCUT2D eigenvalue weighted by molar-refractivity contribution is 5.70. The standard InChI is InChI=1S/C20H27N2O3/c23-15-1-10-21-11-8-19(9-12-21)3-2-18-4-6-20(7-5-18)22(13-16-24)14-17-25/h2-9,11-12,23-25H,1,10,13-17H2/q+1. The number of nitrogens with zero attached hydrogens (tertiary/aromatic N) is 2. The molecule has 2 aromatic rings. The predicted molar refractivity (Wildman–Crippen MR) is 100 cm³/mol. The van der Waals surface area contributed by atoms with Crippen molar-refractivity contribution in [1.82, 2.24) is 0 Å². The van der Waals surface area contributed by atoms with E-state index in [9.17, 15) is 0 Å². The Morgan fingerprint density at radius 3 is 1.84 bits per heavy atom. The summed E-state index contributed by atoms with van der Waals surface area (Å²) in [6.45, 7) is 2.17. The summed E-state index contributed by atoms with van der Waals surface area (Å²) in [7, 11) is 0. The second kappa shape index (κ2) is 10.6. The fourth-order valence-corrected chi connectivity index (χ4v) is 2.58. The summed E-state index contributed by atoms with van der Waals surface area (Å²) < 4.78 is 2.05. The van der Waals surface area contributed by atoms with Crippen molar-refractivity contribution in [1.29, 1.82) is 0 Å². The molecule has 1 aromatic heterocycles. The Hall–Kier alpha value is -2.21. The number of anilines is 1. The van der Waals surface area contributed by atoms with Crippen molar-refractivity contribution in [3.63, 3.8) is 0 Å². The molecule has 0 bridgehead atoms. The molecule has 1 aromatic carbocycles. The molecule has 3 N–H and O–H groups in total. The smallest absolute Gasteiger partial charge is 0.169 e. The lowest BCUT2D eigenvalue weighted by Crippen LogP contribution is -2.32. The van der Waals surface area contributed by atoms with Gasteiger partial charge in [-0.2, -0.15) is 0 Å². The minimum Gasteiger partial charge on any atom is -0.396 e. The molecule has 0 fully saturated rings. The third-order valence-electron chi connectivity index (χ3n) is 3.96. The van der Waals surface area contributed by atoms with Crippen LogP contribution in [0.25, 0.3) is 12.2 Å². The molecule has 5 nitrogen and oxygen atoms in total. The zero-order valence-electron chi connectivity index (χ0n) is 14.5. The van der Waals surface area contributed by atoms with Crippen molar-refractivity contribution in [2.24, 2.45) is 0 Å². The summed E-state index contributed by atoms with van der Waals surface area (Å²) >= 11 is 0. The third kappa shape index (κ3) is 6.31. The van der Waals surface area contributed by atoms with Gasteiger partial charge in [-0.25, -0.2) is 4.57 Å². The van der Waals surface area contributed by atoms with Crippen LogP contribution in [0, 0.1) is 0 Å². The van der Waals surface area contributed by atoms with E-state index in [4.69, 9.17) is 15.3 Å². The lowest BCUT2D eigenvalue weighted by Gasteiger charge is -2.22. The molecule has 0 saturated carbocycles. The lowest BCUT2D eigenvalue weighted by molar-refractivity contribution is -0.697. The Morgan fingerprint density at radius 1 is 0.760 bits per heavy atom. The third-order valence-corrected chi connectivity index (χ3v) is 3.96. The molecule has 5 heteroatoms. The van der Waals surface area contributed by atoms with Crippen LogP contribution in [-0.4, -0.2) is 48.2 Å². The fraction of sp³-hybridized carbons (Fsp3) is 0.350. The van der Waals surface area contributed by atoms with Gasteiger partial charge in [0.05, 0.1) is 13.2 Å². The molecule has 0 aliphatic rings. The average Bonchev–Trinajstić information content (AvgIpc) is 2.66. The summed E-state index contributed by atoms with van der Waals surface area (Å²) in [6.07, 6.45) is 8.90. The Kier molecular flexibility index (Phi) is 8.12. The topological polar surface area (TPSA) is 67.8 Å². The van der Waals surface area contributed by atoms with E-state index in [2.05, 4.69) is 16.7 Å². The van der Waals surface area contributed by atoms with Gasteiger partial charge >= 0.3 is 0 Å². The first-order valence-corrected chi connectivity index (χ1v) is 8.61. The van der Waals surface area contributed by atoms with Gasteiger partial charge in [-0.1, -0.05) is 24.3 Å². The number of aromatic nitrogens is 1. The van der Waals surface area contributed by atoms with Crippen LogP contribution < -0.4 is 9.47 Å². The lowest BCUT2D eigenvalue weighted by atomic mass is 10.1. The van der Waals surface area contributed by atoms with Gasteiger partial charge in [-0.3, -0.25) is 0 Å². The number of rotatable bonds is 10. The molecule has 25 heavy (non-hydrogen) atoms. The van der Waals surface area contributed by atoms with E-state index in [0.29, 0.717) is 13.1 Å². The van der Waals surface area contributed by atoms with Crippen molar-refractivity contribution in [2.45, 2.75) is 13.0 Å². The first-order valence-electron chi connectivity index (χ1n) is 8.61. The van der Waals surface area contributed by atoms with Crippen LogP contribution in [0.5, 0.6) is 0 Å². The summed E-state index contributed by atoms with van der Waals surface area (Å²) in [6, 6.07) is 12.1. The van der Waals surface area contributed by atoms with E-state index >= 15 is 0 Å². The van der Waals surface area contributed by atoms with Gasteiger partial charge in [0.25, 0.3) is 0 Å². The van der Waals surface area contributed by atoms with Crippen molar-refractivity contribution in [3.05, 3.63) is 59.9 Å². The van der Waals surface area contributed by atoms with Crippen molar-refractivity contribution in [3.8, 4) is 0 Å². The van der Waals surface area contributed by atoms with Gasteiger partial charge in [0.1, 0.15) is 0 Å². The summed E-state index contributed by atoms with van der Waals surface area (Å²) in [5, 5.41) is 27.1. The maximum absolute atomic E-state index is 9.11. The quantitative estimate of drug-likeness (QED) is 0.569. The minimum absolute atomic E-state index is 0.0635. The number of hydrogen-bond donors (Lipinski definition) is 3. The average molecular weight is 343 g/mol. The molecule has 0 spiro atoms. The Labute approximate surface area is 149 Å². The monoisotopic (exact) mass is 343 g/mol. The van der Waals surface area contributed by atoms with E-state index in [1.165, 1.54) is 0 Å². The van der Waals surface area contributed by atoms with Crippen molar-refractivity contribution in [2.75, 3.05) is 37.8 Å². The Morgan fingerprint density at radius 2 is 1.32 bits per heavy atom. The van der Waals surface area contributed by atoms with E-state index in [1.807, 2.05) is 53.7 Å². The van der Waals surface area contributed by atoms with Crippen molar-refractivity contribution < 1.29 is 19.9 Å². The maximum atomic E-state index is 9.11. The second-order valence-corrected chi connectivity index (χ2v) is 5.81. The number of pyridine rings is 1. The fourth-order valence-electron chi connectivity index (χ4n) is 2.58. The molecular weight excluding hydrogens is 316 g/mol. The van der Waals surface area contributed by atoms with Gasteiger partial charge in [0.15, 0.2) is 18.9 Å². The molecule has 2 rings (SSSR count). The van der Waals surface area contributed by atoms with Gasteiger partial charge in [-0.15, -0.1) is 0 Å². The normalized spacial score (nSPS) is 11.2. The summed E-state index contributed by atoms with van der Waals surface area (Å²) in [4.78, 5) is 1.95. The molecule has 0 radical (unpaired) electrons. The van der Waals surface area contributed by atoms with Crippen LogP contribution in [0.3, 0.4) is 0 Å². The zero-order valence-corrected chi connectivity index (χ0v) is 14.5.